The van der Waals surface area contributed by atoms with Gasteiger partial charge in [0.25, 0.3) is 5.91 Å². The van der Waals surface area contributed by atoms with Crippen molar-refractivity contribution in [3.8, 4) is 0 Å². The van der Waals surface area contributed by atoms with E-state index >= 15 is 0 Å². The van der Waals surface area contributed by atoms with Crippen LogP contribution in [-0.2, 0) is 16.0 Å². The predicted octanol–water partition coefficient (Wildman–Crippen LogP) is 2.54. The lowest BCUT2D eigenvalue weighted by atomic mass is 9.78. The van der Waals surface area contributed by atoms with E-state index in [0.29, 0.717) is 30.7 Å². The zero-order chi connectivity index (χ0) is 21.7. The minimum Gasteiger partial charge on any atom is -0.384 e. The summed E-state index contributed by atoms with van der Waals surface area (Å²) in [5.41, 5.74) is 2.15. The van der Waals surface area contributed by atoms with Gasteiger partial charge in [-0.1, -0.05) is 30.3 Å². The van der Waals surface area contributed by atoms with Crippen LogP contribution in [0.1, 0.15) is 41.1 Å². The molecule has 0 spiro atoms. The number of carbonyl (C=O) groups is 1. The number of rotatable bonds is 10. The van der Waals surface area contributed by atoms with Gasteiger partial charge >= 0.3 is 0 Å². The molecule has 1 aromatic heterocycles. The first-order chi connectivity index (χ1) is 15.1. The fraction of sp³-hybridized carbons (Fsp3) is 0.583. The quantitative estimate of drug-likeness (QED) is 0.632. The standard InChI is InChI=1S/C24H34N4O3/c1-30-13-12-28-16-20(15-26-28)23(29)27-10-8-24(9-11-27,18-31-2)17-25-22-14-21(22)19-6-4-3-5-7-19/h3-7,15-16,21-22,25H,8-14,17-18H2,1-2H3. The number of likely N-dealkylation sites (tertiary alicyclic amines) is 1. The van der Waals surface area contributed by atoms with Crippen LogP contribution in [0.5, 0.6) is 0 Å². The first kappa shape index (κ1) is 22.0. The Morgan fingerprint density at radius 2 is 1.97 bits per heavy atom. The molecular formula is C24H34N4O3. The smallest absolute Gasteiger partial charge is 0.257 e. The molecule has 2 fully saturated rings. The molecule has 2 atom stereocenters. The second-order valence-electron chi connectivity index (χ2n) is 8.95. The van der Waals surface area contributed by atoms with E-state index in [1.54, 1.807) is 25.1 Å². The van der Waals surface area contributed by atoms with Gasteiger partial charge in [-0.25, -0.2) is 0 Å². The van der Waals surface area contributed by atoms with Gasteiger partial charge in [0.05, 0.1) is 31.5 Å². The van der Waals surface area contributed by atoms with Crippen LogP contribution in [0.2, 0.25) is 0 Å². The van der Waals surface area contributed by atoms with E-state index in [4.69, 9.17) is 9.47 Å². The molecule has 2 aromatic rings. The van der Waals surface area contributed by atoms with Gasteiger partial charge < -0.3 is 19.7 Å². The Morgan fingerprint density at radius 3 is 2.68 bits per heavy atom. The summed E-state index contributed by atoms with van der Waals surface area (Å²) >= 11 is 0. The molecule has 2 aliphatic rings. The maximum Gasteiger partial charge on any atom is 0.257 e. The van der Waals surface area contributed by atoms with Crippen molar-refractivity contribution in [2.24, 2.45) is 5.41 Å². The zero-order valence-corrected chi connectivity index (χ0v) is 18.6. The highest BCUT2D eigenvalue weighted by Gasteiger charge is 2.42. The Labute approximate surface area is 184 Å². The van der Waals surface area contributed by atoms with Crippen molar-refractivity contribution in [3.63, 3.8) is 0 Å². The van der Waals surface area contributed by atoms with Crippen LogP contribution >= 0.6 is 0 Å². The molecule has 7 nitrogen and oxygen atoms in total. The fourth-order valence-electron chi connectivity index (χ4n) is 4.66. The highest BCUT2D eigenvalue weighted by Crippen LogP contribution is 2.42. The van der Waals surface area contributed by atoms with Crippen LogP contribution in [0.15, 0.2) is 42.7 Å². The van der Waals surface area contributed by atoms with Crippen LogP contribution in [0.25, 0.3) is 0 Å². The zero-order valence-electron chi connectivity index (χ0n) is 18.6. The average Bonchev–Trinajstić information content (AvgIpc) is 3.44. The molecule has 1 amide bonds. The van der Waals surface area contributed by atoms with Crippen molar-refractivity contribution in [1.29, 1.82) is 0 Å². The minimum absolute atomic E-state index is 0.0639. The molecule has 1 saturated heterocycles. The Morgan fingerprint density at radius 1 is 1.19 bits per heavy atom. The maximum absolute atomic E-state index is 12.9. The molecule has 31 heavy (non-hydrogen) atoms. The third-order valence-corrected chi connectivity index (χ3v) is 6.72. The minimum atomic E-state index is 0.0639. The van der Waals surface area contributed by atoms with Crippen LogP contribution in [0.4, 0.5) is 0 Å². The van der Waals surface area contributed by atoms with Gasteiger partial charge in [0.1, 0.15) is 0 Å². The van der Waals surface area contributed by atoms with Gasteiger partial charge in [-0.05, 0) is 24.8 Å². The number of aromatic nitrogens is 2. The SMILES string of the molecule is COCCn1cc(C(=O)N2CCC(CNC3CC3c3ccccc3)(COC)CC2)cn1. The molecule has 4 rings (SSSR count). The van der Waals surface area contributed by atoms with Gasteiger partial charge in [-0.2, -0.15) is 5.10 Å². The summed E-state index contributed by atoms with van der Waals surface area (Å²) < 4.78 is 12.4. The molecule has 168 valence electrons. The van der Waals surface area contributed by atoms with E-state index in [-0.39, 0.29) is 11.3 Å². The van der Waals surface area contributed by atoms with E-state index in [1.807, 2.05) is 11.1 Å². The number of benzene rings is 1. The largest absolute Gasteiger partial charge is 0.384 e. The molecule has 1 N–H and O–H groups in total. The van der Waals surface area contributed by atoms with E-state index in [0.717, 1.165) is 39.1 Å². The van der Waals surface area contributed by atoms with Crippen molar-refractivity contribution < 1.29 is 14.3 Å². The number of amides is 1. The second kappa shape index (κ2) is 9.94. The van der Waals surface area contributed by atoms with Gasteiger partial charge in [0, 0.05) is 57.4 Å². The summed E-state index contributed by atoms with van der Waals surface area (Å²) in [7, 11) is 3.44. The Kier molecular flexibility index (Phi) is 7.05. The summed E-state index contributed by atoms with van der Waals surface area (Å²) in [4.78, 5) is 14.9. The van der Waals surface area contributed by atoms with Crippen molar-refractivity contribution in [2.75, 3.05) is 47.1 Å². The van der Waals surface area contributed by atoms with E-state index in [1.165, 1.54) is 12.0 Å². The number of methoxy groups -OCH3 is 2. The number of carbonyl (C=O) groups excluding carboxylic acids is 1. The van der Waals surface area contributed by atoms with Crippen LogP contribution in [0, 0.1) is 5.41 Å². The second-order valence-corrected chi connectivity index (χ2v) is 8.95. The molecule has 1 aromatic carbocycles. The molecule has 2 heterocycles. The molecule has 0 radical (unpaired) electrons. The third-order valence-electron chi connectivity index (χ3n) is 6.72. The molecular weight excluding hydrogens is 392 g/mol. The normalized spacial score (nSPS) is 22.5. The number of hydrogen-bond acceptors (Lipinski definition) is 5. The molecule has 1 saturated carbocycles. The van der Waals surface area contributed by atoms with Crippen molar-refractivity contribution in [1.82, 2.24) is 20.0 Å². The summed E-state index contributed by atoms with van der Waals surface area (Å²) in [6.07, 6.45) is 6.56. The van der Waals surface area contributed by atoms with Crippen LogP contribution in [-0.4, -0.2) is 73.7 Å². The first-order valence-corrected chi connectivity index (χ1v) is 11.2. The number of nitrogens with one attached hydrogen (secondary N) is 1. The average molecular weight is 427 g/mol. The Bertz CT molecular complexity index is 846. The molecule has 7 heteroatoms. The van der Waals surface area contributed by atoms with E-state index in [9.17, 15) is 4.79 Å². The highest BCUT2D eigenvalue weighted by atomic mass is 16.5. The lowest BCUT2D eigenvalue weighted by molar-refractivity contribution is 0.0202. The van der Waals surface area contributed by atoms with E-state index < -0.39 is 0 Å². The number of hydrogen-bond donors (Lipinski definition) is 1. The van der Waals surface area contributed by atoms with Gasteiger partial charge in [0.15, 0.2) is 0 Å². The number of ether oxygens (including phenoxy) is 2. The molecule has 1 aliphatic carbocycles. The molecule has 1 aliphatic heterocycles. The highest BCUT2D eigenvalue weighted by molar-refractivity contribution is 5.93. The number of piperidine rings is 1. The van der Waals surface area contributed by atoms with Crippen molar-refractivity contribution >= 4 is 5.91 Å². The van der Waals surface area contributed by atoms with E-state index in [2.05, 4.69) is 40.7 Å². The summed E-state index contributed by atoms with van der Waals surface area (Å²) in [6, 6.07) is 11.3. The van der Waals surface area contributed by atoms with Crippen molar-refractivity contribution in [3.05, 3.63) is 53.9 Å². The third kappa shape index (κ3) is 5.34. The first-order valence-electron chi connectivity index (χ1n) is 11.2. The number of nitrogens with zero attached hydrogens (tertiary/aromatic N) is 3. The Hall–Kier alpha value is -2.22. The van der Waals surface area contributed by atoms with Gasteiger partial charge in [0.2, 0.25) is 0 Å². The topological polar surface area (TPSA) is 68.6 Å². The van der Waals surface area contributed by atoms with Gasteiger partial charge in [-0.3, -0.25) is 9.48 Å². The van der Waals surface area contributed by atoms with Crippen LogP contribution < -0.4 is 5.32 Å². The fourth-order valence-corrected chi connectivity index (χ4v) is 4.66. The van der Waals surface area contributed by atoms with Gasteiger partial charge in [-0.15, -0.1) is 0 Å². The monoisotopic (exact) mass is 426 g/mol. The van der Waals surface area contributed by atoms with Crippen LogP contribution in [0.3, 0.4) is 0 Å². The molecule has 2 unspecified atom stereocenters. The predicted molar refractivity (Wildman–Crippen MR) is 119 cm³/mol. The summed E-state index contributed by atoms with van der Waals surface area (Å²) in [5, 5.41) is 8.07. The molecule has 0 bridgehead atoms. The maximum atomic E-state index is 12.9. The lowest BCUT2D eigenvalue weighted by Gasteiger charge is -2.41. The summed E-state index contributed by atoms with van der Waals surface area (Å²) in [6.45, 7) is 4.39. The lowest BCUT2D eigenvalue weighted by Crippen LogP contribution is -2.49. The van der Waals surface area contributed by atoms with Crippen molar-refractivity contribution in [2.45, 2.75) is 37.8 Å². The summed E-state index contributed by atoms with van der Waals surface area (Å²) in [5.74, 6) is 0.686. The Balaban J connectivity index is 1.29.